The smallest absolute Gasteiger partial charge is 0.302 e. The van der Waals surface area contributed by atoms with Crippen molar-refractivity contribution in [2.24, 2.45) is 17.3 Å². The molecule has 24 heavy (non-hydrogen) atoms. The second-order valence-corrected chi connectivity index (χ2v) is 7.95. The van der Waals surface area contributed by atoms with E-state index in [0.29, 0.717) is 30.5 Å². The molecule has 5 atom stereocenters. The third-order valence-electron chi connectivity index (χ3n) is 6.69. The molecule has 0 saturated heterocycles. The lowest BCUT2D eigenvalue weighted by Gasteiger charge is -2.51. The minimum Gasteiger partial charge on any atom is -0.508 e. The summed E-state index contributed by atoms with van der Waals surface area (Å²) >= 11 is 0. The van der Waals surface area contributed by atoms with Crippen molar-refractivity contribution in [3.05, 3.63) is 29.3 Å². The van der Waals surface area contributed by atoms with E-state index in [1.165, 1.54) is 12.5 Å². The first-order valence-electron chi connectivity index (χ1n) is 8.92. The van der Waals surface area contributed by atoms with Crippen molar-refractivity contribution in [1.29, 1.82) is 0 Å². The molecule has 128 valence electrons. The van der Waals surface area contributed by atoms with Gasteiger partial charge in [-0.3, -0.25) is 9.59 Å². The van der Waals surface area contributed by atoms with Crippen LogP contribution in [0.4, 0.5) is 0 Å². The number of ketones is 1. The fourth-order valence-electron chi connectivity index (χ4n) is 5.72. The molecule has 4 rings (SSSR count). The molecule has 3 aliphatic rings. The molecule has 4 heteroatoms. The number of Topliss-reactive ketones (excluding diaryl/α,β-unsaturated/α-hetero) is 1. The Morgan fingerprint density at radius 3 is 2.83 bits per heavy atom. The van der Waals surface area contributed by atoms with E-state index in [1.807, 2.05) is 12.1 Å². The Labute approximate surface area is 142 Å². The molecule has 0 aromatic heterocycles. The highest BCUT2D eigenvalue weighted by Gasteiger charge is 2.58. The molecule has 1 aromatic rings. The Bertz CT molecular complexity index is 710. The molecule has 0 aliphatic heterocycles. The second kappa shape index (κ2) is 5.33. The molecule has 0 bridgehead atoms. The Balaban J connectivity index is 1.79. The van der Waals surface area contributed by atoms with Gasteiger partial charge in [0.25, 0.3) is 0 Å². The number of benzene rings is 1. The van der Waals surface area contributed by atoms with E-state index < -0.39 is 0 Å². The zero-order valence-electron chi connectivity index (χ0n) is 14.2. The van der Waals surface area contributed by atoms with Crippen molar-refractivity contribution >= 4 is 11.8 Å². The maximum Gasteiger partial charge on any atom is 0.302 e. The SMILES string of the molecule is CC(=O)O[C@H]1C[C@]2(C)C(=O)CC[C@H]2[C@@H]2CCc3cc(O)ccc3[C@H]21. The van der Waals surface area contributed by atoms with Crippen molar-refractivity contribution in [1.82, 2.24) is 0 Å². The number of carbonyl (C=O) groups excluding carboxylic acids is 2. The van der Waals surface area contributed by atoms with Gasteiger partial charge in [-0.25, -0.2) is 0 Å². The topological polar surface area (TPSA) is 63.6 Å². The third kappa shape index (κ3) is 2.19. The molecule has 1 aromatic carbocycles. The van der Waals surface area contributed by atoms with Crippen molar-refractivity contribution in [3.63, 3.8) is 0 Å². The van der Waals surface area contributed by atoms with Crippen LogP contribution in [-0.2, 0) is 20.7 Å². The van der Waals surface area contributed by atoms with Gasteiger partial charge in [0.1, 0.15) is 17.6 Å². The fraction of sp³-hybridized carbons (Fsp3) is 0.600. The maximum atomic E-state index is 12.6. The monoisotopic (exact) mass is 328 g/mol. The zero-order chi connectivity index (χ0) is 17.1. The number of carbonyl (C=O) groups is 2. The van der Waals surface area contributed by atoms with E-state index in [2.05, 4.69) is 6.92 Å². The van der Waals surface area contributed by atoms with Crippen LogP contribution < -0.4 is 0 Å². The highest BCUT2D eigenvalue weighted by atomic mass is 16.5. The van der Waals surface area contributed by atoms with Crippen LogP contribution in [0.15, 0.2) is 18.2 Å². The normalized spacial score (nSPS) is 37.3. The number of phenolic OH excluding ortho intramolecular Hbond substituents is 1. The van der Waals surface area contributed by atoms with E-state index >= 15 is 0 Å². The minimum absolute atomic E-state index is 0.141. The maximum absolute atomic E-state index is 12.6. The average molecular weight is 328 g/mol. The largest absolute Gasteiger partial charge is 0.508 e. The first-order chi connectivity index (χ1) is 11.4. The fourth-order valence-corrected chi connectivity index (χ4v) is 5.72. The molecule has 0 heterocycles. The van der Waals surface area contributed by atoms with Gasteiger partial charge < -0.3 is 9.84 Å². The van der Waals surface area contributed by atoms with Gasteiger partial charge >= 0.3 is 5.97 Å². The number of aryl methyl sites for hydroxylation is 1. The summed E-state index contributed by atoms with van der Waals surface area (Å²) in [4.78, 5) is 24.2. The van der Waals surface area contributed by atoms with Crippen LogP contribution in [0.25, 0.3) is 0 Å². The highest BCUT2D eigenvalue weighted by molar-refractivity contribution is 5.87. The van der Waals surface area contributed by atoms with Crippen LogP contribution in [0, 0.1) is 17.3 Å². The summed E-state index contributed by atoms with van der Waals surface area (Å²) in [6, 6.07) is 5.54. The minimum atomic E-state index is -0.351. The Morgan fingerprint density at radius 1 is 1.29 bits per heavy atom. The highest BCUT2D eigenvalue weighted by Crippen LogP contribution is 2.60. The summed E-state index contributed by atoms with van der Waals surface area (Å²) in [6.07, 6.45) is 3.89. The van der Waals surface area contributed by atoms with Crippen molar-refractivity contribution in [3.8, 4) is 5.75 Å². The summed E-state index contributed by atoms with van der Waals surface area (Å²) < 4.78 is 5.72. The molecular formula is C20H24O4. The van der Waals surface area contributed by atoms with Crippen LogP contribution in [0.3, 0.4) is 0 Å². The number of hydrogen-bond acceptors (Lipinski definition) is 4. The van der Waals surface area contributed by atoms with Gasteiger partial charge in [-0.1, -0.05) is 13.0 Å². The Hall–Kier alpha value is -1.84. The van der Waals surface area contributed by atoms with Crippen molar-refractivity contribution < 1.29 is 19.4 Å². The molecular weight excluding hydrogens is 304 g/mol. The number of ether oxygens (including phenoxy) is 1. The van der Waals surface area contributed by atoms with Gasteiger partial charge in [0, 0.05) is 24.7 Å². The van der Waals surface area contributed by atoms with E-state index in [-0.39, 0.29) is 29.2 Å². The van der Waals surface area contributed by atoms with E-state index in [9.17, 15) is 14.7 Å². The van der Waals surface area contributed by atoms with E-state index in [1.54, 1.807) is 6.07 Å². The van der Waals surface area contributed by atoms with Crippen LogP contribution >= 0.6 is 0 Å². The lowest BCUT2D eigenvalue weighted by molar-refractivity contribution is -0.158. The van der Waals surface area contributed by atoms with Gasteiger partial charge in [-0.05, 0) is 60.8 Å². The van der Waals surface area contributed by atoms with Crippen molar-refractivity contribution in [2.45, 2.75) is 58.0 Å². The van der Waals surface area contributed by atoms with Gasteiger partial charge in [0.15, 0.2) is 0 Å². The van der Waals surface area contributed by atoms with Gasteiger partial charge in [0.2, 0.25) is 0 Å². The summed E-state index contributed by atoms with van der Waals surface area (Å²) in [5.41, 5.74) is 1.99. The molecule has 3 aliphatic carbocycles. The number of hydrogen-bond donors (Lipinski definition) is 1. The van der Waals surface area contributed by atoms with E-state index in [4.69, 9.17) is 4.74 Å². The van der Waals surface area contributed by atoms with Crippen LogP contribution in [-0.4, -0.2) is 23.0 Å². The quantitative estimate of drug-likeness (QED) is 0.803. The van der Waals surface area contributed by atoms with E-state index in [0.717, 1.165) is 24.8 Å². The lowest BCUT2D eigenvalue weighted by atomic mass is 9.54. The molecule has 0 radical (unpaired) electrons. The number of phenols is 1. The van der Waals surface area contributed by atoms with Gasteiger partial charge in [-0.15, -0.1) is 0 Å². The third-order valence-corrected chi connectivity index (χ3v) is 6.69. The predicted molar refractivity (Wildman–Crippen MR) is 88.7 cm³/mol. The number of fused-ring (bicyclic) bond motifs is 5. The molecule has 1 N–H and O–H groups in total. The Morgan fingerprint density at radius 2 is 2.08 bits per heavy atom. The summed E-state index contributed by atoms with van der Waals surface area (Å²) in [7, 11) is 0. The Kier molecular flexibility index (Phi) is 3.48. The molecule has 0 unspecified atom stereocenters. The van der Waals surface area contributed by atoms with Crippen molar-refractivity contribution in [2.75, 3.05) is 0 Å². The first kappa shape index (κ1) is 15.7. The predicted octanol–water partition coefficient (Wildman–Crippen LogP) is 3.36. The molecule has 2 fully saturated rings. The molecule has 0 spiro atoms. The summed E-state index contributed by atoms with van der Waals surface area (Å²) in [5, 5.41) is 9.79. The molecule has 0 amide bonds. The lowest BCUT2D eigenvalue weighted by Crippen LogP contribution is -2.50. The average Bonchev–Trinajstić information content (AvgIpc) is 2.81. The summed E-state index contributed by atoms with van der Waals surface area (Å²) in [5.74, 6) is 1.23. The van der Waals surface area contributed by atoms with Crippen LogP contribution in [0.2, 0.25) is 0 Å². The number of esters is 1. The summed E-state index contributed by atoms with van der Waals surface area (Å²) in [6.45, 7) is 3.52. The van der Waals surface area contributed by atoms with Gasteiger partial charge in [0.05, 0.1) is 0 Å². The molecule has 4 nitrogen and oxygen atoms in total. The number of rotatable bonds is 1. The standard InChI is InChI=1S/C20H24O4/c1-11(21)24-17-10-20(2)16(7-8-18(20)23)15-5-3-12-9-13(22)4-6-14(12)19(15)17/h4,6,9,15-17,19,22H,3,5,7-8,10H2,1-2H3/t15-,16-,17-,19+,20-/m0/s1. The zero-order valence-corrected chi connectivity index (χ0v) is 14.2. The van der Waals surface area contributed by atoms with Crippen LogP contribution in [0.1, 0.15) is 56.6 Å². The van der Waals surface area contributed by atoms with Gasteiger partial charge in [-0.2, -0.15) is 0 Å². The second-order valence-electron chi connectivity index (χ2n) is 7.95. The number of aromatic hydroxyl groups is 1. The van der Waals surface area contributed by atoms with Crippen LogP contribution in [0.5, 0.6) is 5.75 Å². The molecule has 2 saturated carbocycles. The first-order valence-corrected chi connectivity index (χ1v) is 8.92.